The Morgan fingerprint density at radius 2 is 2.33 bits per heavy atom. The van der Waals surface area contributed by atoms with Crippen molar-refractivity contribution in [3.63, 3.8) is 0 Å². The quantitative estimate of drug-likeness (QED) is 0.933. The highest BCUT2D eigenvalue weighted by atomic mass is 79.9. The zero-order valence-corrected chi connectivity index (χ0v) is 11.5. The van der Waals surface area contributed by atoms with Crippen LogP contribution in [0.4, 0.5) is 10.1 Å². The highest BCUT2D eigenvalue weighted by molar-refractivity contribution is 9.10. The first kappa shape index (κ1) is 13.3. The molecule has 96 valence electrons. The van der Waals surface area contributed by atoms with Crippen LogP contribution < -0.4 is 4.90 Å². The zero-order chi connectivity index (χ0) is 13.1. The number of hydrogen-bond donors (Lipinski definition) is 1. The second kappa shape index (κ2) is 5.68. The molecule has 0 aliphatic carbocycles. The third-order valence-electron chi connectivity index (χ3n) is 3.35. The lowest BCUT2D eigenvalue weighted by Gasteiger charge is -2.20. The Morgan fingerprint density at radius 1 is 1.56 bits per heavy atom. The molecule has 0 saturated carbocycles. The molecule has 3 nitrogen and oxygen atoms in total. The highest BCUT2D eigenvalue weighted by Crippen LogP contribution is 2.32. The van der Waals surface area contributed by atoms with Crippen molar-refractivity contribution in [1.82, 2.24) is 0 Å². The van der Waals surface area contributed by atoms with Crippen LogP contribution in [0.1, 0.15) is 18.4 Å². The Bertz CT molecular complexity index is 487. The second-order valence-electron chi connectivity index (χ2n) is 4.49. The normalized spacial score (nSPS) is 19.0. The first-order valence-electron chi connectivity index (χ1n) is 5.91. The fraction of sp³-hybridized carbons (Fsp3) is 0.462. The van der Waals surface area contributed by atoms with Crippen LogP contribution in [0.5, 0.6) is 0 Å². The summed E-state index contributed by atoms with van der Waals surface area (Å²) in [5, 5.41) is 17.7. The Balaban J connectivity index is 2.21. The van der Waals surface area contributed by atoms with Crippen LogP contribution in [0.15, 0.2) is 16.6 Å². The molecule has 5 heteroatoms. The maximum Gasteiger partial charge on any atom is 0.161 e. The molecule has 1 aromatic rings. The fourth-order valence-corrected chi connectivity index (χ4v) is 2.76. The van der Waals surface area contributed by atoms with E-state index in [9.17, 15) is 4.39 Å². The van der Waals surface area contributed by atoms with E-state index in [2.05, 4.69) is 15.9 Å². The van der Waals surface area contributed by atoms with Crippen molar-refractivity contribution in [2.75, 3.05) is 24.6 Å². The SMILES string of the molecule is N#Cc1ccc(N2CCC(CCO)C2)c(F)c1Br. The number of anilines is 1. The van der Waals surface area contributed by atoms with E-state index in [1.807, 2.05) is 11.0 Å². The molecule has 0 aromatic heterocycles. The first-order chi connectivity index (χ1) is 8.67. The Hall–Kier alpha value is -1.12. The monoisotopic (exact) mass is 312 g/mol. The minimum Gasteiger partial charge on any atom is -0.396 e. The van der Waals surface area contributed by atoms with Crippen molar-refractivity contribution in [3.05, 3.63) is 28.0 Å². The van der Waals surface area contributed by atoms with E-state index in [4.69, 9.17) is 10.4 Å². The average molecular weight is 313 g/mol. The van der Waals surface area contributed by atoms with E-state index in [1.54, 1.807) is 12.1 Å². The number of aliphatic hydroxyl groups excluding tert-OH is 1. The van der Waals surface area contributed by atoms with Gasteiger partial charge >= 0.3 is 0 Å². The van der Waals surface area contributed by atoms with Crippen molar-refractivity contribution < 1.29 is 9.50 Å². The number of nitrogens with zero attached hydrogens (tertiary/aromatic N) is 2. The van der Waals surface area contributed by atoms with Crippen LogP contribution in [0.25, 0.3) is 0 Å². The van der Waals surface area contributed by atoms with Gasteiger partial charge in [-0.3, -0.25) is 0 Å². The van der Waals surface area contributed by atoms with Crippen molar-refractivity contribution in [1.29, 1.82) is 5.26 Å². The van der Waals surface area contributed by atoms with Gasteiger partial charge in [0.05, 0.1) is 15.7 Å². The lowest BCUT2D eigenvalue weighted by Crippen LogP contribution is -2.21. The van der Waals surface area contributed by atoms with Crippen LogP contribution in [0, 0.1) is 23.1 Å². The van der Waals surface area contributed by atoms with Crippen LogP contribution in [-0.2, 0) is 0 Å². The topological polar surface area (TPSA) is 47.3 Å². The van der Waals surface area contributed by atoms with E-state index in [0.29, 0.717) is 17.2 Å². The first-order valence-corrected chi connectivity index (χ1v) is 6.70. The van der Waals surface area contributed by atoms with Crippen molar-refractivity contribution >= 4 is 21.6 Å². The molecule has 1 aliphatic heterocycles. The molecule has 1 atom stereocenters. The molecule has 2 rings (SSSR count). The number of benzene rings is 1. The van der Waals surface area contributed by atoms with E-state index in [-0.39, 0.29) is 16.9 Å². The number of aliphatic hydroxyl groups is 1. The summed E-state index contributed by atoms with van der Waals surface area (Å²) in [5.41, 5.74) is 0.837. The molecule has 1 unspecified atom stereocenters. The summed E-state index contributed by atoms with van der Waals surface area (Å²) in [6.45, 7) is 1.73. The summed E-state index contributed by atoms with van der Waals surface area (Å²) in [4.78, 5) is 1.97. The van der Waals surface area contributed by atoms with Crippen LogP contribution >= 0.6 is 15.9 Å². The van der Waals surface area contributed by atoms with Crippen molar-refractivity contribution in [2.24, 2.45) is 5.92 Å². The van der Waals surface area contributed by atoms with Crippen molar-refractivity contribution in [3.8, 4) is 6.07 Å². The van der Waals surface area contributed by atoms with Crippen LogP contribution in [0.3, 0.4) is 0 Å². The van der Waals surface area contributed by atoms with Gasteiger partial charge in [-0.15, -0.1) is 0 Å². The van der Waals surface area contributed by atoms with Gasteiger partial charge in [0.2, 0.25) is 0 Å². The minimum absolute atomic E-state index is 0.179. The molecule has 1 aliphatic rings. The lowest BCUT2D eigenvalue weighted by atomic mass is 10.1. The molecule has 0 radical (unpaired) electrons. The van der Waals surface area contributed by atoms with Crippen LogP contribution in [0.2, 0.25) is 0 Å². The maximum absolute atomic E-state index is 14.1. The second-order valence-corrected chi connectivity index (χ2v) is 5.28. The summed E-state index contributed by atoms with van der Waals surface area (Å²) >= 11 is 3.12. The Kier molecular flexibility index (Phi) is 4.20. The molecule has 0 spiro atoms. The average Bonchev–Trinajstić information content (AvgIpc) is 2.81. The molecule has 1 aromatic carbocycles. The zero-order valence-electron chi connectivity index (χ0n) is 9.87. The Morgan fingerprint density at radius 3 is 3.00 bits per heavy atom. The lowest BCUT2D eigenvalue weighted by molar-refractivity contribution is 0.263. The van der Waals surface area contributed by atoms with Gasteiger partial charge < -0.3 is 10.0 Å². The molecular weight excluding hydrogens is 299 g/mol. The van der Waals surface area contributed by atoms with E-state index in [1.165, 1.54) is 0 Å². The molecule has 0 amide bonds. The number of rotatable bonds is 3. The largest absolute Gasteiger partial charge is 0.396 e. The molecular formula is C13H14BrFN2O. The third-order valence-corrected chi connectivity index (χ3v) is 4.12. The molecule has 18 heavy (non-hydrogen) atoms. The minimum atomic E-state index is -0.376. The smallest absolute Gasteiger partial charge is 0.161 e. The third kappa shape index (κ3) is 2.50. The molecule has 1 heterocycles. The van der Waals surface area contributed by atoms with Gasteiger partial charge in [-0.1, -0.05) is 0 Å². The van der Waals surface area contributed by atoms with Gasteiger partial charge in [0.1, 0.15) is 6.07 Å². The summed E-state index contributed by atoms with van der Waals surface area (Å²) < 4.78 is 14.4. The van der Waals surface area contributed by atoms with Gasteiger partial charge in [0.15, 0.2) is 5.82 Å². The Labute approximate surface area is 114 Å². The number of halogens is 2. The van der Waals surface area contributed by atoms with Gasteiger partial charge in [0.25, 0.3) is 0 Å². The maximum atomic E-state index is 14.1. The summed E-state index contributed by atoms with van der Waals surface area (Å²) in [5.74, 6) is 0.0440. The van der Waals surface area contributed by atoms with E-state index in [0.717, 1.165) is 25.9 Å². The molecule has 1 N–H and O–H groups in total. The summed E-state index contributed by atoms with van der Waals surface area (Å²) in [6.07, 6.45) is 1.73. The number of hydrogen-bond acceptors (Lipinski definition) is 3. The van der Waals surface area contributed by atoms with E-state index < -0.39 is 0 Å². The predicted octanol–water partition coefficient (Wildman–Crippen LogP) is 2.67. The van der Waals surface area contributed by atoms with Gasteiger partial charge in [-0.2, -0.15) is 5.26 Å². The van der Waals surface area contributed by atoms with Gasteiger partial charge in [-0.25, -0.2) is 4.39 Å². The molecule has 1 fully saturated rings. The van der Waals surface area contributed by atoms with E-state index >= 15 is 0 Å². The van der Waals surface area contributed by atoms with Crippen molar-refractivity contribution in [2.45, 2.75) is 12.8 Å². The number of nitriles is 1. The van der Waals surface area contributed by atoms with Gasteiger partial charge in [0, 0.05) is 19.7 Å². The molecule has 0 bridgehead atoms. The highest BCUT2D eigenvalue weighted by Gasteiger charge is 2.25. The standard InChI is InChI=1S/C13H14BrFN2O/c14-12-10(7-16)1-2-11(13(12)15)17-5-3-9(8-17)4-6-18/h1-2,9,18H,3-6,8H2. The van der Waals surface area contributed by atoms with Crippen LogP contribution in [-0.4, -0.2) is 24.8 Å². The van der Waals surface area contributed by atoms with Gasteiger partial charge in [-0.05, 0) is 46.8 Å². The fourth-order valence-electron chi connectivity index (χ4n) is 2.34. The summed E-state index contributed by atoms with van der Waals surface area (Å²) in [7, 11) is 0. The molecule has 1 saturated heterocycles. The predicted molar refractivity (Wildman–Crippen MR) is 70.8 cm³/mol. The summed E-state index contributed by atoms with van der Waals surface area (Å²) in [6, 6.07) is 5.22.